The van der Waals surface area contributed by atoms with Crippen molar-refractivity contribution >= 4 is 5.69 Å². The first kappa shape index (κ1) is 12.3. The van der Waals surface area contributed by atoms with Gasteiger partial charge in [0, 0.05) is 12.6 Å². The number of aryl methyl sites for hydroxylation is 1. The van der Waals surface area contributed by atoms with E-state index >= 15 is 0 Å². The Hall–Kier alpha value is -1.16. The van der Waals surface area contributed by atoms with Gasteiger partial charge in [0.05, 0.1) is 18.1 Å². The van der Waals surface area contributed by atoms with Gasteiger partial charge >= 0.3 is 0 Å². The maximum absolute atomic E-state index is 5.88. The Labute approximate surface area is 103 Å². The van der Waals surface area contributed by atoms with Crippen molar-refractivity contribution < 1.29 is 0 Å². The van der Waals surface area contributed by atoms with Gasteiger partial charge in [-0.1, -0.05) is 6.92 Å². The first-order valence-electron chi connectivity index (χ1n) is 6.51. The largest absolute Gasteiger partial charge is 0.366 e. The minimum absolute atomic E-state index is 0.542. The van der Waals surface area contributed by atoms with Crippen molar-refractivity contribution in [3.8, 4) is 0 Å². The predicted molar refractivity (Wildman–Crippen MR) is 70.0 cm³/mol. The highest BCUT2D eigenvalue weighted by molar-refractivity contribution is 5.44. The summed E-state index contributed by atoms with van der Waals surface area (Å²) in [5.41, 5.74) is 7.02. The van der Waals surface area contributed by atoms with Crippen LogP contribution in [0.3, 0.4) is 0 Å². The molecule has 2 rings (SSSR count). The van der Waals surface area contributed by atoms with Crippen LogP contribution in [0.2, 0.25) is 0 Å². The summed E-state index contributed by atoms with van der Waals surface area (Å²) >= 11 is 0. The minimum Gasteiger partial charge on any atom is -0.366 e. The summed E-state index contributed by atoms with van der Waals surface area (Å²) in [6, 6.07) is 0.542. The van der Waals surface area contributed by atoms with E-state index in [2.05, 4.69) is 21.8 Å². The molecule has 1 aromatic rings. The second-order valence-corrected chi connectivity index (χ2v) is 4.80. The minimum atomic E-state index is 0.542. The van der Waals surface area contributed by atoms with Gasteiger partial charge in [0.1, 0.15) is 5.82 Å². The van der Waals surface area contributed by atoms with E-state index in [1.807, 2.05) is 19.3 Å². The van der Waals surface area contributed by atoms with Crippen molar-refractivity contribution in [2.24, 2.45) is 11.7 Å². The van der Waals surface area contributed by atoms with Gasteiger partial charge in [0.2, 0.25) is 0 Å². The molecule has 0 saturated carbocycles. The van der Waals surface area contributed by atoms with Gasteiger partial charge < -0.3 is 10.6 Å². The second kappa shape index (κ2) is 5.45. The number of piperidine rings is 1. The maximum atomic E-state index is 5.88. The third-order valence-corrected chi connectivity index (χ3v) is 3.74. The van der Waals surface area contributed by atoms with Gasteiger partial charge in [-0.15, -0.1) is 0 Å². The molecule has 1 aliphatic rings. The Morgan fingerprint density at radius 1 is 1.41 bits per heavy atom. The highest BCUT2D eigenvalue weighted by Gasteiger charge is 2.29. The molecule has 1 fully saturated rings. The monoisotopic (exact) mass is 234 g/mol. The summed E-state index contributed by atoms with van der Waals surface area (Å²) in [6.07, 6.45) is 7.47. The quantitative estimate of drug-likeness (QED) is 0.865. The van der Waals surface area contributed by atoms with Crippen molar-refractivity contribution in [2.45, 2.75) is 39.2 Å². The van der Waals surface area contributed by atoms with E-state index in [0.717, 1.165) is 31.0 Å². The first-order valence-corrected chi connectivity index (χ1v) is 6.51. The van der Waals surface area contributed by atoms with Gasteiger partial charge in [0.25, 0.3) is 0 Å². The number of nitrogens with zero attached hydrogens (tertiary/aromatic N) is 3. The van der Waals surface area contributed by atoms with Crippen molar-refractivity contribution in [3.63, 3.8) is 0 Å². The van der Waals surface area contributed by atoms with Crippen LogP contribution in [0.25, 0.3) is 0 Å². The first-order chi connectivity index (χ1) is 8.26. The third kappa shape index (κ3) is 2.57. The molecular formula is C13H22N4. The van der Waals surface area contributed by atoms with Crippen molar-refractivity contribution in [2.75, 3.05) is 18.0 Å². The molecule has 4 nitrogen and oxygen atoms in total. The fourth-order valence-corrected chi connectivity index (χ4v) is 2.82. The summed E-state index contributed by atoms with van der Waals surface area (Å²) in [6.45, 7) is 6.03. The molecule has 1 saturated heterocycles. The SMILES string of the molecule is CC[C@@H]1[C@@H](CN)CCCN1c1cnc(C)nc1. The summed E-state index contributed by atoms with van der Waals surface area (Å²) in [7, 11) is 0. The van der Waals surface area contributed by atoms with Gasteiger partial charge in [-0.2, -0.15) is 0 Å². The van der Waals surface area contributed by atoms with Crippen LogP contribution < -0.4 is 10.6 Å². The molecule has 1 aliphatic heterocycles. The molecule has 0 unspecified atom stereocenters. The Morgan fingerprint density at radius 3 is 2.71 bits per heavy atom. The average Bonchev–Trinajstić information content (AvgIpc) is 2.38. The zero-order chi connectivity index (χ0) is 12.3. The molecule has 4 heteroatoms. The van der Waals surface area contributed by atoms with E-state index in [-0.39, 0.29) is 0 Å². The fraction of sp³-hybridized carbons (Fsp3) is 0.692. The average molecular weight is 234 g/mol. The maximum Gasteiger partial charge on any atom is 0.125 e. The highest BCUT2D eigenvalue weighted by atomic mass is 15.2. The molecule has 2 heterocycles. The van der Waals surface area contributed by atoms with Crippen LogP contribution in [0, 0.1) is 12.8 Å². The molecule has 2 atom stereocenters. The highest BCUT2D eigenvalue weighted by Crippen LogP contribution is 2.29. The molecule has 0 bridgehead atoms. The summed E-state index contributed by atoms with van der Waals surface area (Å²) < 4.78 is 0. The summed E-state index contributed by atoms with van der Waals surface area (Å²) in [5.74, 6) is 1.43. The number of hydrogen-bond donors (Lipinski definition) is 1. The van der Waals surface area contributed by atoms with Crippen LogP contribution >= 0.6 is 0 Å². The summed E-state index contributed by atoms with van der Waals surface area (Å²) in [5, 5.41) is 0. The molecule has 17 heavy (non-hydrogen) atoms. The van der Waals surface area contributed by atoms with Crippen LogP contribution in [-0.2, 0) is 0 Å². The number of anilines is 1. The van der Waals surface area contributed by atoms with E-state index in [1.165, 1.54) is 12.8 Å². The van der Waals surface area contributed by atoms with E-state index in [0.29, 0.717) is 12.0 Å². The molecule has 0 radical (unpaired) electrons. The number of rotatable bonds is 3. The lowest BCUT2D eigenvalue weighted by Gasteiger charge is -2.41. The number of aromatic nitrogens is 2. The Bertz CT molecular complexity index is 349. The van der Waals surface area contributed by atoms with Crippen LogP contribution in [0.15, 0.2) is 12.4 Å². The van der Waals surface area contributed by atoms with E-state index in [1.54, 1.807) is 0 Å². The molecule has 2 N–H and O–H groups in total. The van der Waals surface area contributed by atoms with Crippen molar-refractivity contribution in [1.29, 1.82) is 0 Å². The number of hydrogen-bond acceptors (Lipinski definition) is 4. The topological polar surface area (TPSA) is 55.0 Å². The van der Waals surface area contributed by atoms with E-state index in [4.69, 9.17) is 5.73 Å². The van der Waals surface area contributed by atoms with E-state index in [9.17, 15) is 0 Å². The summed E-state index contributed by atoms with van der Waals surface area (Å²) in [4.78, 5) is 11.0. The Balaban J connectivity index is 2.20. The van der Waals surface area contributed by atoms with Gasteiger partial charge in [-0.3, -0.25) is 0 Å². The lowest BCUT2D eigenvalue weighted by atomic mass is 9.87. The van der Waals surface area contributed by atoms with E-state index < -0.39 is 0 Å². The molecule has 94 valence electrons. The normalized spacial score (nSPS) is 25.0. The van der Waals surface area contributed by atoms with Crippen LogP contribution in [0.1, 0.15) is 32.0 Å². The van der Waals surface area contributed by atoms with Gasteiger partial charge in [0.15, 0.2) is 0 Å². The van der Waals surface area contributed by atoms with Crippen molar-refractivity contribution in [3.05, 3.63) is 18.2 Å². The number of nitrogens with two attached hydrogens (primary N) is 1. The third-order valence-electron chi connectivity index (χ3n) is 3.74. The second-order valence-electron chi connectivity index (χ2n) is 4.80. The Morgan fingerprint density at radius 2 is 2.12 bits per heavy atom. The predicted octanol–water partition coefficient (Wildman–Crippen LogP) is 1.74. The molecule has 0 aliphatic carbocycles. The van der Waals surface area contributed by atoms with Crippen LogP contribution in [0.5, 0.6) is 0 Å². The Kier molecular flexibility index (Phi) is 3.94. The lowest BCUT2D eigenvalue weighted by Crippen LogP contribution is -2.47. The zero-order valence-electron chi connectivity index (χ0n) is 10.8. The molecule has 0 spiro atoms. The zero-order valence-corrected chi connectivity index (χ0v) is 10.8. The lowest BCUT2D eigenvalue weighted by molar-refractivity contribution is 0.321. The van der Waals surface area contributed by atoms with Gasteiger partial charge in [-0.05, 0) is 38.6 Å². The molecule has 1 aromatic heterocycles. The fourth-order valence-electron chi connectivity index (χ4n) is 2.82. The van der Waals surface area contributed by atoms with Crippen LogP contribution in [-0.4, -0.2) is 29.1 Å². The smallest absolute Gasteiger partial charge is 0.125 e. The molecule has 0 amide bonds. The molecule has 0 aromatic carbocycles. The van der Waals surface area contributed by atoms with Gasteiger partial charge in [-0.25, -0.2) is 9.97 Å². The molecular weight excluding hydrogens is 212 g/mol. The van der Waals surface area contributed by atoms with Crippen LogP contribution in [0.4, 0.5) is 5.69 Å². The standard InChI is InChI=1S/C13H22N4/c1-3-13-11(7-14)5-4-6-17(13)12-8-15-10(2)16-9-12/h8-9,11,13H,3-7,14H2,1-2H3/t11-,13-/m1/s1. The van der Waals surface area contributed by atoms with Crippen molar-refractivity contribution in [1.82, 2.24) is 9.97 Å².